The number of carboxylic acid groups (broad SMARTS) is 1. The Morgan fingerprint density at radius 2 is 0.944 bits per heavy atom. The quantitative estimate of drug-likeness (QED) is 0.0484. The summed E-state index contributed by atoms with van der Waals surface area (Å²) in [6.07, 6.45) is 3.21. The number of hydrogen-bond acceptors (Lipinski definition) is 24. The van der Waals surface area contributed by atoms with Crippen molar-refractivity contribution < 1.29 is 80.7 Å². The molecular formula is C89H108N14O17S6. The minimum atomic E-state index is -3.54. The number of nitrogens with zero attached hydrogens (tertiary/aromatic N) is 13. The summed E-state index contributed by atoms with van der Waals surface area (Å²) in [4.78, 5) is 123. The van der Waals surface area contributed by atoms with Gasteiger partial charge in [0.1, 0.15) is 17.1 Å². The van der Waals surface area contributed by atoms with Gasteiger partial charge in [0.05, 0.1) is 37.1 Å². The van der Waals surface area contributed by atoms with Crippen LogP contribution in [-0.4, -0.2) is 281 Å². The van der Waals surface area contributed by atoms with Crippen LogP contribution in [0.15, 0.2) is 180 Å². The molecule has 3 saturated heterocycles. The molecule has 3 fully saturated rings. The third-order valence-corrected chi connectivity index (χ3v) is 29.0. The first-order valence-electron chi connectivity index (χ1n) is 41.9. The number of thioether (sulfide) groups is 5. The van der Waals surface area contributed by atoms with E-state index in [-0.39, 0.29) is 59.4 Å². The van der Waals surface area contributed by atoms with E-state index in [1.165, 1.54) is 91.6 Å². The number of piperidine rings is 1. The Labute approximate surface area is 756 Å². The number of ether oxygens (including phenoxy) is 5. The first-order valence-corrected chi connectivity index (χ1v) is 48.5. The number of carbonyl (C=O) groups is 8. The van der Waals surface area contributed by atoms with E-state index in [0.717, 1.165) is 173 Å². The number of methoxy groups -OCH3 is 2. The van der Waals surface area contributed by atoms with Gasteiger partial charge in [-0.05, 0) is 151 Å². The lowest BCUT2D eigenvalue weighted by atomic mass is 10.1. The molecule has 10 aliphatic rings. The summed E-state index contributed by atoms with van der Waals surface area (Å²) in [7, 11) is -0.877. The van der Waals surface area contributed by atoms with Crippen LogP contribution in [0.4, 0.5) is 24.9 Å². The molecule has 7 aromatic rings. The number of aromatic hydroxyl groups is 1. The van der Waals surface area contributed by atoms with Crippen LogP contribution in [0.2, 0.25) is 0 Å². The molecule has 17 rings (SSSR count). The van der Waals surface area contributed by atoms with Gasteiger partial charge in [-0.15, -0.1) is 58.8 Å². The molecule has 0 atom stereocenters. The topological polar surface area (TPSA) is 351 Å². The second-order valence-corrected chi connectivity index (χ2v) is 39.4. The van der Waals surface area contributed by atoms with Crippen molar-refractivity contribution in [2.45, 2.75) is 121 Å². The number of sulfone groups is 1. The first kappa shape index (κ1) is 94.8. The summed E-state index contributed by atoms with van der Waals surface area (Å²) < 4.78 is 49.9. The van der Waals surface area contributed by atoms with Crippen LogP contribution >= 0.6 is 58.8 Å². The SMILES string of the molecule is CC(C)(C)OC(=O)N1CCSc2cc(N=[N+]=[N-])c(O)cc2C1.COC(=O)C(=O)N1CCSc2ccccc2C1.COc1ccc2c(c1)CN(C(=O)C(=O)O)CCS2(=O)=O.O=C(N1CCCCC1)N1CCSc2ccccc2C1.O=C(N1CCN(Cc2ccc3c(c2)OCO3)CC1)N1CCSc2ccccc2C1.O=C(N1CCNCC1)N1CCSc2ccccc2C1. The van der Waals surface area contributed by atoms with Crippen molar-refractivity contribution in [3.63, 3.8) is 0 Å². The Morgan fingerprint density at radius 3 is 1.45 bits per heavy atom. The molecule has 0 radical (unpaired) electrons. The Balaban J connectivity index is 0.000000139. The minimum Gasteiger partial charge on any atom is -0.507 e. The zero-order valence-corrected chi connectivity index (χ0v) is 76.4. The van der Waals surface area contributed by atoms with Gasteiger partial charge in [0.25, 0.3) is 0 Å². The maximum atomic E-state index is 13.1. The molecule has 31 nitrogen and oxygen atoms in total. The molecule has 9 amide bonds. The smallest absolute Gasteiger partial charge is 0.410 e. The van der Waals surface area contributed by atoms with E-state index in [0.29, 0.717) is 56.6 Å². The van der Waals surface area contributed by atoms with E-state index in [1.807, 2.05) is 116 Å². The van der Waals surface area contributed by atoms with Crippen molar-refractivity contribution in [2.75, 3.05) is 160 Å². The molecule has 0 bridgehead atoms. The Morgan fingerprint density at radius 1 is 0.484 bits per heavy atom. The number of fused-ring (bicyclic) bond motifs is 7. The average molecular weight is 1840 g/mol. The Hall–Kier alpha value is -10.4. The van der Waals surface area contributed by atoms with Crippen molar-refractivity contribution in [1.29, 1.82) is 0 Å². The number of rotatable bonds is 4. The predicted octanol–water partition coefficient (Wildman–Crippen LogP) is 13.4. The van der Waals surface area contributed by atoms with Gasteiger partial charge >= 0.3 is 47.9 Å². The van der Waals surface area contributed by atoms with Gasteiger partial charge in [-0.3, -0.25) is 14.5 Å². The lowest BCUT2D eigenvalue weighted by Gasteiger charge is -2.37. The van der Waals surface area contributed by atoms with Crippen LogP contribution in [0.25, 0.3) is 10.4 Å². The maximum Gasteiger partial charge on any atom is 0.410 e. The van der Waals surface area contributed by atoms with Crippen LogP contribution in [0.1, 0.15) is 79.0 Å². The summed E-state index contributed by atoms with van der Waals surface area (Å²) in [6, 6.07) is 47.5. The van der Waals surface area contributed by atoms with Gasteiger partial charge in [0, 0.05) is 202 Å². The fourth-order valence-corrected chi connectivity index (χ4v) is 21.8. The Bertz CT molecular complexity index is 5100. The molecule has 7 aromatic carbocycles. The molecule has 0 unspecified atom stereocenters. The second kappa shape index (κ2) is 45.9. The van der Waals surface area contributed by atoms with Crippen molar-refractivity contribution in [1.82, 2.24) is 54.3 Å². The van der Waals surface area contributed by atoms with Crippen molar-refractivity contribution >= 4 is 122 Å². The normalized spacial score (nSPS) is 17.6. The number of aliphatic carboxylic acids is 1. The van der Waals surface area contributed by atoms with Gasteiger partial charge in [0.2, 0.25) is 6.79 Å². The lowest BCUT2D eigenvalue weighted by Crippen LogP contribution is -2.52. The van der Waals surface area contributed by atoms with Gasteiger partial charge in [0.15, 0.2) is 21.3 Å². The van der Waals surface area contributed by atoms with E-state index in [4.69, 9.17) is 29.6 Å². The van der Waals surface area contributed by atoms with Gasteiger partial charge in [-0.2, -0.15) is 0 Å². The summed E-state index contributed by atoms with van der Waals surface area (Å²) in [5, 5.41) is 25.4. The summed E-state index contributed by atoms with van der Waals surface area (Å²) >= 11 is 8.82. The molecule has 0 aliphatic carbocycles. The molecule has 0 saturated carbocycles. The zero-order valence-electron chi connectivity index (χ0n) is 71.5. The highest BCUT2D eigenvalue weighted by atomic mass is 32.2. The summed E-state index contributed by atoms with van der Waals surface area (Å²) in [5.74, 6) is 2.04. The van der Waals surface area contributed by atoms with Crippen LogP contribution in [0.5, 0.6) is 23.0 Å². The number of carbonyl (C=O) groups excluding carboxylic acids is 7. The average Bonchev–Trinajstić information content (AvgIpc) is 1.60. The van der Waals surface area contributed by atoms with E-state index < -0.39 is 39.2 Å². The van der Waals surface area contributed by atoms with Crippen LogP contribution in [0.3, 0.4) is 0 Å². The number of likely N-dealkylation sites (tertiary alicyclic amines) is 1. The first-order chi connectivity index (χ1) is 60.8. The highest BCUT2D eigenvalue weighted by Gasteiger charge is 2.35. The second-order valence-electron chi connectivity index (χ2n) is 31.6. The number of piperazine rings is 2. The zero-order chi connectivity index (χ0) is 89.3. The third kappa shape index (κ3) is 26.4. The van der Waals surface area contributed by atoms with E-state index in [9.17, 15) is 51.9 Å². The van der Waals surface area contributed by atoms with Crippen LogP contribution in [0, 0.1) is 0 Å². The number of azide groups is 1. The highest BCUT2D eigenvalue weighted by molar-refractivity contribution is 8.00. The summed E-state index contributed by atoms with van der Waals surface area (Å²) in [6.45, 7) is 21.7. The number of amides is 9. The van der Waals surface area contributed by atoms with E-state index >= 15 is 0 Å². The molecule has 37 heteroatoms. The molecule has 126 heavy (non-hydrogen) atoms. The molecule has 10 aliphatic heterocycles. The standard InChI is InChI=1S/C22H25N3O3S.C15H20N2OS.C14H18N4O3S.C14H19N3OS.C12H13NO6S.C12H13NO3S/c26-22(25-11-12-29-21-4-2-1-3-18(21)15-25)24-9-7-23(8-10-24)14-17-5-6-19-20(13-17)28-16-27-19;18-15(16-8-4-1-5-9-16)17-10-11-19-14-7-3-2-6-13(14)12-17;1-14(2,3)21-13(20)18-4-5-22-12-7-10(16-17-15)11(19)6-9(12)8-18;18-14(16-7-5-15-6-8-16)17-9-10-19-13-4-2-1-3-12(13)11-17;1-19-9-2-3-10-8(6-9)7-13(11(14)12(15)16)4-5-20(10,17)18;1-16-12(15)11(14)13-6-7-17-10-5-3-2-4-9(10)8-13/h1-6,13H,7-12,14-16H2;2-3,6-7H,1,4-5,8-12H2;6-7,19H,4-5,8H2,1-3H3;1-4,15H,5-11H2;2-3,6H,4-5,7H2,1H3,(H,15,16);2-5H,6-8H2,1H3. The van der Waals surface area contributed by atoms with Crippen LogP contribution < -0.4 is 19.5 Å². The fraction of sp³-hybridized carbons (Fsp3) is 0.438. The largest absolute Gasteiger partial charge is 0.507 e. The number of carboxylic acids is 1. The fourth-order valence-electron chi connectivity index (χ4n) is 15.2. The van der Waals surface area contributed by atoms with E-state index in [1.54, 1.807) is 34.5 Å². The number of esters is 1. The van der Waals surface area contributed by atoms with Gasteiger partial charge < -0.3 is 83.3 Å². The maximum absolute atomic E-state index is 13.1. The molecule has 672 valence electrons. The molecule has 3 N–H and O–H groups in total. The molecular weight excluding hydrogens is 1730 g/mol. The number of benzene rings is 7. The molecule has 0 aromatic heterocycles. The number of urea groups is 3. The lowest BCUT2D eigenvalue weighted by molar-refractivity contribution is -0.158. The van der Waals surface area contributed by atoms with Gasteiger partial charge in [-0.1, -0.05) is 84.0 Å². The van der Waals surface area contributed by atoms with Gasteiger partial charge in [-0.25, -0.2) is 37.2 Å². The van der Waals surface area contributed by atoms with E-state index in [2.05, 4.69) is 110 Å². The van der Waals surface area contributed by atoms with Crippen molar-refractivity contribution in [3.05, 3.63) is 195 Å². The third-order valence-electron chi connectivity index (χ3n) is 21.8. The number of nitrogens with one attached hydrogen (secondary N) is 1. The molecule has 10 heterocycles. The predicted molar refractivity (Wildman–Crippen MR) is 485 cm³/mol. The molecule has 0 spiro atoms. The number of hydrogen-bond donors (Lipinski definition) is 3. The highest BCUT2D eigenvalue weighted by Crippen LogP contribution is 2.39. The van der Waals surface area contributed by atoms with Crippen molar-refractivity contribution in [2.24, 2.45) is 5.11 Å². The summed E-state index contributed by atoms with van der Waals surface area (Å²) in [5.41, 5.74) is 15.4. The number of phenolic OH excluding ortho intramolecular Hbond substituents is 1. The van der Waals surface area contributed by atoms with Crippen molar-refractivity contribution in [3.8, 4) is 23.0 Å². The van der Waals surface area contributed by atoms with Crippen LogP contribution in [-0.2, 0) is 84.3 Å². The minimum absolute atomic E-state index is 0.0725. The monoisotopic (exact) mass is 1840 g/mol. The Kier molecular flexibility index (Phi) is 34.5. The number of phenols is 1.